The van der Waals surface area contributed by atoms with E-state index >= 15 is 0 Å². The second-order valence-electron chi connectivity index (χ2n) is 8.44. The van der Waals surface area contributed by atoms with Crippen molar-refractivity contribution in [2.75, 3.05) is 19.7 Å². The fraction of sp³-hybridized carbons (Fsp3) is 0.478. The van der Waals surface area contributed by atoms with Crippen molar-refractivity contribution in [2.24, 2.45) is 0 Å². The lowest BCUT2D eigenvalue weighted by atomic mass is 10.1. The minimum absolute atomic E-state index is 0.0146. The number of aromatic amines is 1. The van der Waals surface area contributed by atoms with Crippen molar-refractivity contribution in [1.29, 1.82) is 0 Å². The van der Waals surface area contributed by atoms with E-state index in [-0.39, 0.29) is 18.1 Å². The minimum Gasteiger partial charge on any atom is -0.483 e. The van der Waals surface area contributed by atoms with Gasteiger partial charge in [0.05, 0.1) is 12.2 Å². The maximum atomic E-state index is 12.6. The number of aromatic nitrogens is 4. The summed E-state index contributed by atoms with van der Waals surface area (Å²) < 4.78 is 7.78. The standard InChI is InChI=1S/C23H27N5O3/c29-21(27-11-5-6-12-27)15-31-19-10-4-1-7-16(19)13-20-25-22-18(23(30)26-20)14-24-28(22)17-8-2-3-9-17/h1,4,7,10,14,17H,2-3,5-6,8-9,11-13,15H2,(H,25,26,30). The third-order valence-electron chi connectivity index (χ3n) is 6.32. The van der Waals surface area contributed by atoms with Gasteiger partial charge in [0.1, 0.15) is 17.0 Å². The molecule has 2 aromatic heterocycles. The molecule has 31 heavy (non-hydrogen) atoms. The number of H-pyrrole nitrogens is 1. The molecular formula is C23H27N5O3. The van der Waals surface area contributed by atoms with Crippen LogP contribution in [0.15, 0.2) is 35.3 Å². The van der Waals surface area contributed by atoms with Crippen molar-refractivity contribution in [3.8, 4) is 5.75 Å². The Morgan fingerprint density at radius 2 is 1.90 bits per heavy atom. The van der Waals surface area contributed by atoms with Gasteiger partial charge in [-0.05, 0) is 31.7 Å². The Morgan fingerprint density at radius 1 is 1.13 bits per heavy atom. The summed E-state index contributed by atoms with van der Waals surface area (Å²) in [5.74, 6) is 1.22. The van der Waals surface area contributed by atoms with Crippen LogP contribution in [0.1, 0.15) is 56.0 Å². The molecule has 1 N–H and O–H groups in total. The highest BCUT2D eigenvalue weighted by atomic mass is 16.5. The molecule has 2 aliphatic rings. The summed E-state index contributed by atoms with van der Waals surface area (Å²) in [7, 11) is 0. The van der Waals surface area contributed by atoms with Gasteiger partial charge in [0.25, 0.3) is 11.5 Å². The van der Waals surface area contributed by atoms with E-state index in [4.69, 9.17) is 9.72 Å². The molecule has 0 radical (unpaired) electrons. The molecule has 1 saturated heterocycles. The highest BCUT2D eigenvalue weighted by Crippen LogP contribution is 2.30. The van der Waals surface area contributed by atoms with Crippen LogP contribution < -0.4 is 10.3 Å². The van der Waals surface area contributed by atoms with Crippen LogP contribution in [-0.2, 0) is 11.2 Å². The number of hydrogen-bond donors (Lipinski definition) is 1. The Labute approximate surface area is 180 Å². The van der Waals surface area contributed by atoms with Crippen LogP contribution >= 0.6 is 0 Å². The number of ether oxygens (including phenoxy) is 1. The van der Waals surface area contributed by atoms with Crippen molar-refractivity contribution < 1.29 is 9.53 Å². The molecular weight excluding hydrogens is 394 g/mol. The quantitative estimate of drug-likeness (QED) is 0.661. The Kier molecular flexibility index (Phi) is 5.44. The van der Waals surface area contributed by atoms with Gasteiger partial charge in [-0.1, -0.05) is 31.0 Å². The highest BCUT2D eigenvalue weighted by molar-refractivity contribution is 5.78. The highest BCUT2D eigenvalue weighted by Gasteiger charge is 2.22. The maximum Gasteiger partial charge on any atom is 0.262 e. The topological polar surface area (TPSA) is 93.1 Å². The Balaban J connectivity index is 1.37. The average molecular weight is 422 g/mol. The lowest BCUT2D eigenvalue weighted by Gasteiger charge is -2.17. The van der Waals surface area contributed by atoms with Gasteiger partial charge in [-0.2, -0.15) is 5.10 Å². The van der Waals surface area contributed by atoms with Crippen molar-refractivity contribution in [2.45, 2.75) is 51.0 Å². The van der Waals surface area contributed by atoms with E-state index in [1.54, 1.807) is 6.20 Å². The molecule has 1 amide bonds. The second-order valence-corrected chi connectivity index (χ2v) is 8.44. The summed E-state index contributed by atoms with van der Waals surface area (Å²) in [6, 6.07) is 7.91. The van der Waals surface area contributed by atoms with Gasteiger partial charge < -0.3 is 14.6 Å². The molecule has 3 aromatic rings. The predicted molar refractivity (Wildman–Crippen MR) is 116 cm³/mol. The minimum atomic E-state index is -0.174. The first-order valence-electron chi connectivity index (χ1n) is 11.1. The van der Waals surface area contributed by atoms with E-state index in [1.165, 1.54) is 12.8 Å². The predicted octanol–water partition coefficient (Wildman–Crippen LogP) is 2.83. The van der Waals surface area contributed by atoms with E-state index in [1.807, 2.05) is 33.8 Å². The molecule has 1 aliphatic carbocycles. The molecule has 0 spiro atoms. The third-order valence-corrected chi connectivity index (χ3v) is 6.32. The first kappa shape index (κ1) is 19.8. The van der Waals surface area contributed by atoms with Crippen LogP contribution in [0.25, 0.3) is 11.0 Å². The molecule has 8 heteroatoms. The lowest BCUT2D eigenvalue weighted by Crippen LogP contribution is -2.32. The SMILES string of the molecule is O=C(COc1ccccc1Cc1nc2c(cnn2C2CCCC2)c(=O)[nH]1)N1CCCC1. The molecule has 162 valence electrons. The molecule has 0 bridgehead atoms. The number of likely N-dealkylation sites (tertiary alicyclic amines) is 1. The second kappa shape index (κ2) is 8.53. The summed E-state index contributed by atoms with van der Waals surface area (Å²) >= 11 is 0. The zero-order valence-corrected chi connectivity index (χ0v) is 17.5. The molecule has 0 unspecified atom stereocenters. The van der Waals surface area contributed by atoms with Crippen LogP contribution in [-0.4, -0.2) is 50.3 Å². The molecule has 1 saturated carbocycles. The van der Waals surface area contributed by atoms with Crippen molar-refractivity contribution in [1.82, 2.24) is 24.6 Å². The number of hydrogen-bond acceptors (Lipinski definition) is 5. The number of benzene rings is 1. The summed E-state index contributed by atoms with van der Waals surface area (Å²) in [6.07, 6.45) is 8.65. The summed E-state index contributed by atoms with van der Waals surface area (Å²) in [4.78, 5) is 34.5. The van der Waals surface area contributed by atoms with Gasteiger partial charge >= 0.3 is 0 Å². The molecule has 2 fully saturated rings. The number of fused-ring (bicyclic) bond motifs is 1. The number of carbonyl (C=O) groups excluding carboxylic acids is 1. The van der Waals surface area contributed by atoms with Crippen LogP contribution in [0.3, 0.4) is 0 Å². The van der Waals surface area contributed by atoms with Gasteiger partial charge in [-0.15, -0.1) is 0 Å². The number of nitrogens with one attached hydrogen (secondary N) is 1. The van der Waals surface area contributed by atoms with Gasteiger partial charge in [-0.3, -0.25) is 9.59 Å². The van der Waals surface area contributed by atoms with Gasteiger partial charge in [0.2, 0.25) is 0 Å². The third kappa shape index (κ3) is 4.06. The lowest BCUT2D eigenvalue weighted by molar-refractivity contribution is -0.132. The molecule has 3 heterocycles. The van der Waals surface area contributed by atoms with Crippen molar-refractivity contribution in [3.05, 3.63) is 52.2 Å². The number of amides is 1. The molecule has 1 aliphatic heterocycles. The maximum absolute atomic E-state index is 12.6. The van der Waals surface area contributed by atoms with Gasteiger partial charge in [0, 0.05) is 25.1 Å². The number of rotatable bonds is 6. The zero-order valence-electron chi connectivity index (χ0n) is 17.5. The molecule has 8 nitrogen and oxygen atoms in total. The Morgan fingerprint density at radius 3 is 2.71 bits per heavy atom. The van der Waals surface area contributed by atoms with Crippen LogP contribution in [0.5, 0.6) is 5.75 Å². The molecule has 0 atom stereocenters. The van der Waals surface area contributed by atoms with Crippen LogP contribution in [0, 0.1) is 0 Å². The van der Waals surface area contributed by atoms with Crippen molar-refractivity contribution in [3.63, 3.8) is 0 Å². The Bertz CT molecular complexity index is 1140. The summed E-state index contributed by atoms with van der Waals surface area (Å²) in [6.45, 7) is 1.64. The first-order chi connectivity index (χ1) is 15.2. The summed E-state index contributed by atoms with van der Waals surface area (Å²) in [5.41, 5.74) is 1.35. The van der Waals surface area contributed by atoms with E-state index in [2.05, 4.69) is 10.1 Å². The largest absolute Gasteiger partial charge is 0.483 e. The fourth-order valence-corrected chi connectivity index (χ4v) is 4.65. The normalized spacial score (nSPS) is 17.0. The van der Waals surface area contributed by atoms with E-state index < -0.39 is 0 Å². The number of nitrogens with zero attached hydrogens (tertiary/aromatic N) is 4. The number of carbonyl (C=O) groups is 1. The van der Waals surface area contributed by atoms with E-state index in [0.29, 0.717) is 35.1 Å². The monoisotopic (exact) mass is 421 g/mol. The van der Waals surface area contributed by atoms with Gasteiger partial charge in [-0.25, -0.2) is 9.67 Å². The summed E-state index contributed by atoms with van der Waals surface area (Å²) in [5, 5.41) is 4.98. The Hall–Kier alpha value is -3.16. The molecule has 1 aromatic carbocycles. The van der Waals surface area contributed by atoms with Crippen LogP contribution in [0.2, 0.25) is 0 Å². The average Bonchev–Trinajstić information content (AvgIpc) is 3.54. The fourth-order valence-electron chi connectivity index (χ4n) is 4.65. The van der Waals surface area contributed by atoms with Crippen LogP contribution in [0.4, 0.5) is 0 Å². The zero-order chi connectivity index (χ0) is 21.2. The molecule has 5 rings (SSSR count). The first-order valence-corrected chi connectivity index (χ1v) is 11.1. The van der Waals surface area contributed by atoms with E-state index in [0.717, 1.165) is 44.3 Å². The smallest absolute Gasteiger partial charge is 0.262 e. The van der Waals surface area contributed by atoms with Gasteiger partial charge in [0.15, 0.2) is 12.3 Å². The number of para-hydroxylation sites is 1. The van der Waals surface area contributed by atoms with Crippen molar-refractivity contribution >= 4 is 16.9 Å². The van der Waals surface area contributed by atoms with E-state index in [9.17, 15) is 9.59 Å².